The second-order valence-corrected chi connectivity index (χ2v) is 9.12. The molecule has 2 amide bonds. The first kappa shape index (κ1) is 20.0. The number of carbonyl (C=O) groups is 2. The normalized spacial score (nSPS) is 19.5. The molecule has 1 aromatic heterocycles. The maximum atomic E-state index is 13.1. The van der Waals surface area contributed by atoms with Gasteiger partial charge in [0.15, 0.2) is 0 Å². The fourth-order valence-corrected chi connectivity index (χ4v) is 5.59. The topological polar surface area (TPSA) is 58.6 Å². The highest BCUT2D eigenvalue weighted by Crippen LogP contribution is 2.34. The predicted octanol–water partition coefficient (Wildman–Crippen LogP) is 4.37. The van der Waals surface area contributed by atoms with Crippen LogP contribution in [-0.2, 0) is 17.6 Å². The number of nitrogens with zero attached hydrogens (tertiary/aromatic N) is 1. The molecule has 2 aliphatic rings. The summed E-state index contributed by atoms with van der Waals surface area (Å²) in [6, 6.07) is 7.43. The number of piperidine rings is 1. The highest BCUT2D eigenvalue weighted by Gasteiger charge is 2.31. The molecular weight excluding hydrogens is 384 g/mol. The summed E-state index contributed by atoms with van der Waals surface area (Å²) < 4.78 is 5.31. The van der Waals surface area contributed by atoms with Crippen LogP contribution in [0.1, 0.15) is 47.0 Å². The quantitative estimate of drug-likeness (QED) is 0.811. The van der Waals surface area contributed by atoms with E-state index in [1.807, 2.05) is 34.5 Å². The average Bonchev–Trinajstić information content (AvgIpc) is 3.16. The van der Waals surface area contributed by atoms with Crippen molar-refractivity contribution in [2.45, 2.75) is 39.0 Å². The van der Waals surface area contributed by atoms with Gasteiger partial charge < -0.3 is 15.0 Å². The monoisotopic (exact) mass is 412 g/mol. The van der Waals surface area contributed by atoms with Gasteiger partial charge in [0.2, 0.25) is 5.91 Å². The Morgan fingerprint density at radius 1 is 1.17 bits per heavy atom. The number of hydrogen-bond donors (Lipinski definition) is 1. The van der Waals surface area contributed by atoms with Crippen molar-refractivity contribution < 1.29 is 14.3 Å². The number of methoxy groups -OCH3 is 1. The van der Waals surface area contributed by atoms with E-state index >= 15 is 0 Å². The Hall–Kier alpha value is -2.34. The van der Waals surface area contributed by atoms with Gasteiger partial charge in [-0.2, -0.15) is 0 Å². The number of ether oxygens (including phenoxy) is 1. The number of amides is 2. The molecule has 154 valence electrons. The summed E-state index contributed by atoms with van der Waals surface area (Å²) in [7, 11) is 1.60. The lowest BCUT2D eigenvalue weighted by atomic mass is 9.88. The van der Waals surface area contributed by atoms with Crippen molar-refractivity contribution in [3.8, 4) is 5.75 Å². The molecule has 1 N–H and O–H groups in total. The van der Waals surface area contributed by atoms with Crippen LogP contribution in [0.15, 0.2) is 29.6 Å². The van der Waals surface area contributed by atoms with Crippen molar-refractivity contribution in [2.24, 2.45) is 11.8 Å². The smallest absolute Gasteiger partial charge is 0.254 e. The first-order valence-corrected chi connectivity index (χ1v) is 11.3. The van der Waals surface area contributed by atoms with Gasteiger partial charge >= 0.3 is 0 Å². The lowest BCUT2D eigenvalue weighted by Gasteiger charge is -2.32. The maximum absolute atomic E-state index is 13.1. The number of likely N-dealkylation sites (tertiary alicyclic amines) is 1. The summed E-state index contributed by atoms with van der Waals surface area (Å²) in [5.74, 6) is 1.43. The Morgan fingerprint density at radius 3 is 2.69 bits per heavy atom. The second-order valence-electron chi connectivity index (χ2n) is 8.16. The minimum absolute atomic E-state index is 0.00324. The first-order chi connectivity index (χ1) is 14.1. The van der Waals surface area contributed by atoms with Gasteiger partial charge in [0.25, 0.3) is 5.91 Å². The Labute approximate surface area is 176 Å². The Balaban J connectivity index is 1.36. The van der Waals surface area contributed by atoms with Gasteiger partial charge in [0, 0.05) is 29.3 Å². The van der Waals surface area contributed by atoms with Crippen molar-refractivity contribution in [1.29, 1.82) is 0 Å². The van der Waals surface area contributed by atoms with Crippen molar-refractivity contribution >= 4 is 28.8 Å². The van der Waals surface area contributed by atoms with Crippen LogP contribution < -0.4 is 10.1 Å². The fourth-order valence-electron chi connectivity index (χ4n) is 4.35. The SMILES string of the molecule is COc1ccccc1NC(=O)C1CCN(C(=O)c2csc3c2CCC(C)C3)CC1. The zero-order valence-electron chi connectivity index (χ0n) is 17.1. The van der Waals surface area contributed by atoms with Gasteiger partial charge in [0.1, 0.15) is 5.75 Å². The number of hydrogen-bond acceptors (Lipinski definition) is 4. The highest BCUT2D eigenvalue weighted by molar-refractivity contribution is 7.10. The van der Waals surface area contributed by atoms with E-state index in [4.69, 9.17) is 4.74 Å². The summed E-state index contributed by atoms with van der Waals surface area (Å²) in [5.41, 5.74) is 2.86. The molecule has 0 radical (unpaired) electrons. The van der Waals surface area contributed by atoms with E-state index in [0.717, 1.165) is 24.8 Å². The number of para-hydroxylation sites is 2. The van der Waals surface area contributed by atoms with Crippen molar-refractivity contribution in [1.82, 2.24) is 4.90 Å². The summed E-state index contributed by atoms with van der Waals surface area (Å²) >= 11 is 1.73. The lowest BCUT2D eigenvalue weighted by molar-refractivity contribution is -0.121. The van der Waals surface area contributed by atoms with E-state index in [1.165, 1.54) is 10.4 Å². The zero-order valence-corrected chi connectivity index (χ0v) is 17.9. The summed E-state index contributed by atoms with van der Waals surface area (Å²) in [4.78, 5) is 29.1. The standard InChI is InChI=1S/C23H28N2O3S/c1-15-7-8-17-18(14-29-21(17)13-15)23(27)25-11-9-16(10-12-25)22(26)24-19-5-3-4-6-20(19)28-2/h3-6,14-16H,7-13H2,1-2H3,(H,24,26). The molecule has 1 saturated heterocycles. The fraction of sp³-hybridized carbons (Fsp3) is 0.478. The molecule has 2 heterocycles. The van der Waals surface area contributed by atoms with Gasteiger partial charge in [0.05, 0.1) is 18.4 Å². The maximum Gasteiger partial charge on any atom is 0.254 e. The van der Waals surface area contributed by atoms with Crippen LogP contribution in [-0.4, -0.2) is 36.9 Å². The van der Waals surface area contributed by atoms with E-state index in [-0.39, 0.29) is 17.7 Å². The van der Waals surface area contributed by atoms with E-state index < -0.39 is 0 Å². The molecule has 1 unspecified atom stereocenters. The molecular formula is C23H28N2O3S. The molecule has 1 atom stereocenters. The molecule has 2 aromatic rings. The van der Waals surface area contributed by atoms with Crippen LogP contribution >= 0.6 is 11.3 Å². The van der Waals surface area contributed by atoms with Crippen LogP contribution in [0.3, 0.4) is 0 Å². The summed E-state index contributed by atoms with van der Waals surface area (Å²) in [5, 5.41) is 5.03. The average molecular weight is 413 g/mol. The second kappa shape index (κ2) is 8.57. The Kier molecular flexibility index (Phi) is 5.90. The summed E-state index contributed by atoms with van der Waals surface area (Å²) in [6.45, 7) is 3.54. The highest BCUT2D eigenvalue weighted by atomic mass is 32.1. The largest absolute Gasteiger partial charge is 0.495 e. The zero-order chi connectivity index (χ0) is 20.4. The van der Waals surface area contributed by atoms with E-state index in [1.54, 1.807) is 18.4 Å². The van der Waals surface area contributed by atoms with Gasteiger partial charge in [-0.3, -0.25) is 9.59 Å². The lowest BCUT2D eigenvalue weighted by Crippen LogP contribution is -2.41. The molecule has 0 spiro atoms. The van der Waals surface area contributed by atoms with Crippen LogP contribution in [0.25, 0.3) is 0 Å². The van der Waals surface area contributed by atoms with Crippen molar-refractivity contribution in [2.75, 3.05) is 25.5 Å². The van der Waals surface area contributed by atoms with E-state index in [0.29, 0.717) is 43.3 Å². The van der Waals surface area contributed by atoms with Crippen molar-refractivity contribution in [3.63, 3.8) is 0 Å². The minimum atomic E-state index is -0.0822. The summed E-state index contributed by atoms with van der Waals surface area (Å²) in [6.07, 6.45) is 4.65. The third-order valence-corrected chi connectivity index (χ3v) is 7.20. The number of thiophene rings is 1. The third-order valence-electron chi connectivity index (χ3n) is 6.15. The molecule has 29 heavy (non-hydrogen) atoms. The third kappa shape index (κ3) is 4.17. The van der Waals surface area contributed by atoms with Crippen LogP contribution in [0.5, 0.6) is 5.75 Å². The first-order valence-electron chi connectivity index (χ1n) is 10.4. The number of nitrogens with one attached hydrogen (secondary N) is 1. The Bertz CT molecular complexity index is 899. The number of anilines is 1. The predicted molar refractivity (Wildman–Crippen MR) is 116 cm³/mol. The van der Waals surface area contributed by atoms with E-state index in [9.17, 15) is 9.59 Å². The van der Waals surface area contributed by atoms with Crippen LogP contribution in [0.4, 0.5) is 5.69 Å². The van der Waals surface area contributed by atoms with Gasteiger partial charge in [-0.15, -0.1) is 11.3 Å². The van der Waals surface area contributed by atoms with Gasteiger partial charge in [-0.05, 0) is 55.7 Å². The molecule has 1 fully saturated rings. The number of fused-ring (bicyclic) bond motifs is 1. The Morgan fingerprint density at radius 2 is 1.93 bits per heavy atom. The number of rotatable bonds is 4. The molecule has 0 bridgehead atoms. The molecule has 0 saturated carbocycles. The molecule has 1 aliphatic heterocycles. The van der Waals surface area contributed by atoms with E-state index in [2.05, 4.69) is 12.2 Å². The molecule has 6 heteroatoms. The number of carbonyl (C=O) groups excluding carboxylic acids is 2. The minimum Gasteiger partial charge on any atom is -0.495 e. The molecule has 4 rings (SSSR count). The van der Waals surface area contributed by atoms with Crippen LogP contribution in [0, 0.1) is 11.8 Å². The molecule has 1 aliphatic carbocycles. The molecule has 5 nitrogen and oxygen atoms in total. The van der Waals surface area contributed by atoms with Crippen LogP contribution in [0.2, 0.25) is 0 Å². The van der Waals surface area contributed by atoms with Crippen molar-refractivity contribution in [3.05, 3.63) is 45.6 Å². The van der Waals surface area contributed by atoms with Gasteiger partial charge in [-0.1, -0.05) is 19.1 Å². The molecule has 1 aromatic carbocycles. The number of benzene rings is 1. The van der Waals surface area contributed by atoms with Gasteiger partial charge in [-0.25, -0.2) is 0 Å².